The van der Waals surface area contributed by atoms with Crippen LogP contribution in [0.1, 0.15) is 28.2 Å². The lowest BCUT2D eigenvalue weighted by molar-refractivity contribution is -0.136. The monoisotopic (exact) mass is 445 g/mol. The Labute approximate surface area is 198 Å². The van der Waals surface area contributed by atoms with Crippen LogP contribution < -0.4 is 4.90 Å². The van der Waals surface area contributed by atoms with Crippen molar-refractivity contribution in [1.82, 2.24) is 0 Å². The van der Waals surface area contributed by atoms with Gasteiger partial charge in [-0.25, -0.2) is 4.79 Å². The van der Waals surface area contributed by atoms with Gasteiger partial charge in [0.1, 0.15) is 5.41 Å². The van der Waals surface area contributed by atoms with Gasteiger partial charge in [-0.2, -0.15) is 0 Å². The maximum Gasteiger partial charge on any atom is 0.334 e. The first-order valence-corrected chi connectivity index (χ1v) is 11.3. The molecule has 0 aromatic heterocycles. The van der Waals surface area contributed by atoms with Crippen molar-refractivity contribution >= 4 is 28.3 Å². The lowest BCUT2D eigenvalue weighted by atomic mass is 9.63. The molecular weight excluding hydrogens is 422 g/mol. The van der Waals surface area contributed by atoms with Crippen molar-refractivity contribution in [2.24, 2.45) is 0 Å². The summed E-state index contributed by atoms with van der Waals surface area (Å²) in [6, 6.07) is 30.1. The number of likely N-dealkylation sites (N-methyl/N-ethyl adjacent to an activating group) is 1. The Morgan fingerprint density at radius 2 is 1.56 bits per heavy atom. The van der Waals surface area contributed by atoms with Crippen LogP contribution in [0.25, 0.3) is 10.8 Å². The molecule has 1 aliphatic carbocycles. The second-order valence-electron chi connectivity index (χ2n) is 8.87. The summed E-state index contributed by atoms with van der Waals surface area (Å²) in [5, 5.41) is 2.10. The topological polar surface area (TPSA) is 46.6 Å². The highest BCUT2D eigenvalue weighted by atomic mass is 16.5. The van der Waals surface area contributed by atoms with Gasteiger partial charge in [-0.1, -0.05) is 84.9 Å². The van der Waals surface area contributed by atoms with Gasteiger partial charge in [0.2, 0.25) is 5.91 Å². The number of benzene rings is 4. The van der Waals surface area contributed by atoms with Crippen LogP contribution in [0, 0.1) is 0 Å². The maximum absolute atomic E-state index is 14.1. The minimum absolute atomic E-state index is 0.0712. The Morgan fingerprint density at radius 1 is 0.853 bits per heavy atom. The molecular formula is C30H23NO3. The van der Waals surface area contributed by atoms with Gasteiger partial charge in [0.25, 0.3) is 0 Å². The molecule has 0 bridgehead atoms. The first kappa shape index (κ1) is 20.4. The van der Waals surface area contributed by atoms with Crippen molar-refractivity contribution in [2.45, 2.75) is 11.3 Å². The number of hydrogen-bond acceptors (Lipinski definition) is 3. The third kappa shape index (κ3) is 2.59. The second kappa shape index (κ2) is 7.42. The van der Waals surface area contributed by atoms with Crippen LogP contribution in [0.4, 0.5) is 5.69 Å². The minimum Gasteiger partial charge on any atom is -0.466 e. The lowest BCUT2D eigenvalue weighted by Crippen LogP contribution is -2.42. The van der Waals surface area contributed by atoms with Crippen LogP contribution >= 0.6 is 0 Å². The highest BCUT2D eigenvalue weighted by molar-refractivity contribution is 6.14. The van der Waals surface area contributed by atoms with Gasteiger partial charge >= 0.3 is 5.97 Å². The highest BCUT2D eigenvalue weighted by Crippen LogP contribution is 2.55. The summed E-state index contributed by atoms with van der Waals surface area (Å²) in [7, 11) is 3.19. The third-order valence-corrected chi connectivity index (χ3v) is 7.25. The SMILES string of the molecule is COC(=O)C1=C[C@@]2(C(=O)N(C)c3ccccc32)c2ccc3ccccc3c2[C@H]1c1ccccc1. The highest BCUT2D eigenvalue weighted by Gasteiger charge is 2.54. The molecule has 1 amide bonds. The van der Waals surface area contributed by atoms with E-state index in [2.05, 4.69) is 24.3 Å². The van der Waals surface area contributed by atoms with Crippen molar-refractivity contribution in [3.05, 3.63) is 125 Å². The van der Waals surface area contributed by atoms with Gasteiger partial charge in [-0.15, -0.1) is 0 Å². The molecule has 4 heteroatoms. The number of carbonyl (C=O) groups is 2. The van der Waals surface area contributed by atoms with E-state index in [0.29, 0.717) is 5.57 Å². The molecule has 4 aromatic rings. The van der Waals surface area contributed by atoms with E-state index in [1.165, 1.54) is 7.11 Å². The van der Waals surface area contributed by atoms with Gasteiger partial charge < -0.3 is 9.64 Å². The molecule has 0 saturated carbocycles. The Kier molecular flexibility index (Phi) is 4.46. The number of anilines is 1. The summed E-state index contributed by atoms with van der Waals surface area (Å²) in [4.78, 5) is 29.1. The third-order valence-electron chi connectivity index (χ3n) is 7.25. The Hall–Kier alpha value is -4.18. The predicted octanol–water partition coefficient (Wildman–Crippen LogP) is 5.35. The summed E-state index contributed by atoms with van der Waals surface area (Å²) in [6.07, 6.45) is 1.86. The van der Waals surface area contributed by atoms with Crippen LogP contribution in [0.15, 0.2) is 103 Å². The summed E-state index contributed by atoms with van der Waals surface area (Å²) >= 11 is 0. The van der Waals surface area contributed by atoms with E-state index < -0.39 is 11.4 Å². The summed E-state index contributed by atoms with van der Waals surface area (Å²) in [6.45, 7) is 0. The number of hydrogen-bond donors (Lipinski definition) is 0. The molecule has 34 heavy (non-hydrogen) atoms. The van der Waals surface area contributed by atoms with Gasteiger partial charge in [0, 0.05) is 24.2 Å². The number of para-hydroxylation sites is 1. The fourth-order valence-electron chi connectivity index (χ4n) is 5.78. The molecule has 6 rings (SSSR count). The number of fused-ring (bicyclic) bond motifs is 6. The molecule has 4 nitrogen and oxygen atoms in total. The van der Waals surface area contributed by atoms with E-state index in [-0.39, 0.29) is 11.8 Å². The van der Waals surface area contributed by atoms with E-state index in [0.717, 1.165) is 38.7 Å². The van der Waals surface area contributed by atoms with E-state index in [4.69, 9.17) is 4.74 Å². The van der Waals surface area contributed by atoms with Gasteiger partial charge in [0.15, 0.2) is 0 Å². The number of methoxy groups -OCH3 is 1. The molecule has 0 fully saturated rings. The Balaban J connectivity index is 1.80. The summed E-state index contributed by atoms with van der Waals surface area (Å²) in [5.74, 6) is -0.851. The number of carbonyl (C=O) groups excluding carboxylic acids is 2. The summed E-state index contributed by atoms with van der Waals surface area (Å²) in [5.41, 5.74) is 3.99. The fraction of sp³-hybridized carbons (Fsp3) is 0.133. The van der Waals surface area contributed by atoms with Crippen LogP contribution in [0.2, 0.25) is 0 Å². The summed E-state index contributed by atoms with van der Waals surface area (Å²) < 4.78 is 5.29. The zero-order valence-corrected chi connectivity index (χ0v) is 19.0. The van der Waals surface area contributed by atoms with Crippen molar-refractivity contribution in [1.29, 1.82) is 0 Å². The average Bonchev–Trinajstić information content (AvgIpc) is 3.11. The molecule has 1 aliphatic heterocycles. The minimum atomic E-state index is -1.10. The first-order chi connectivity index (χ1) is 16.6. The zero-order valence-electron chi connectivity index (χ0n) is 19.0. The number of ether oxygens (including phenoxy) is 1. The predicted molar refractivity (Wildman–Crippen MR) is 133 cm³/mol. The molecule has 0 radical (unpaired) electrons. The number of nitrogens with zero attached hydrogens (tertiary/aromatic N) is 1. The van der Waals surface area contributed by atoms with Gasteiger partial charge in [-0.05, 0) is 45.2 Å². The van der Waals surface area contributed by atoms with E-state index >= 15 is 0 Å². The molecule has 0 N–H and O–H groups in total. The van der Waals surface area contributed by atoms with E-state index in [9.17, 15) is 9.59 Å². The molecule has 2 aliphatic rings. The van der Waals surface area contributed by atoms with E-state index in [1.807, 2.05) is 72.8 Å². The molecule has 1 heterocycles. The molecule has 4 aromatic carbocycles. The van der Waals surface area contributed by atoms with Gasteiger partial charge in [-0.3, -0.25) is 4.79 Å². The molecule has 2 atom stereocenters. The number of rotatable bonds is 2. The number of esters is 1. The smallest absolute Gasteiger partial charge is 0.334 e. The normalized spacial score (nSPS) is 20.8. The first-order valence-electron chi connectivity index (χ1n) is 11.3. The Bertz CT molecular complexity index is 1500. The zero-order chi connectivity index (χ0) is 23.4. The Morgan fingerprint density at radius 3 is 2.35 bits per heavy atom. The van der Waals surface area contributed by atoms with Crippen LogP contribution in [0.5, 0.6) is 0 Å². The quantitative estimate of drug-likeness (QED) is 0.391. The largest absolute Gasteiger partial charge is 0.466 e. The van der Waals surface area contributed by atoms with Gasteiger partial charge in [0.05, 0.1) is 7.11 Å². The second-order valence-corrected chi connectivity index (χ2v) is 8.87. The standard InChI is InChI=1S/C30H23NO3/c1-31-25-15-9-8-14-23(25)30(29(31)33)18-22(28(32)34-2)26(20-11-4-3-5-12-20)27-21-13-7-6-10-19(21)16-17-24(27)30/h3-18,26H,1-2H3/t26-,30-/m0/s1. The van der Waals surface area contributed by atoms with Crippen molar-refractivity contribution in [3.8, 4) is 0 Å². The molecule has 0 saturated heterocycles. The number of amides is 1. The lowest BCUT2D eigenvalue weighted by Gasteiger charge is -2.37. The fourth-order valence-corrected chi connectivity index (χ4v) is 5.78. The van der Waals surface area contributed by atoms with Crippen LogP contribution in [-0.4, -0.2) is 26.0 Å². The van der Waals surface area contributed by atoms with E-state index in [1.54, 1.807) is 11.9 Å². The van der Waals surface area contributed by atoms with Crippen LogP contribution in [-0.2, 0) is 19.7 Å². The average molecular weight is 446 g/mol. The molecule has 1 spiro atoms. The van der Waals surface area contributed by atoms with Crippen LogP contribution in [0.3, 0.4) is 0 Å². The van der Waals surface area contributed by atoms with Crippen molar-refractivity contribution in [3.63, 3.8) is 0 Å². The molecule has 0 unspecified atom stereocenters. The van der Waals surface area contributed by atoms with Crippen molar-refractivity contribution in [2.75, 3.05) is 19.1 Å². The van der Waals surface area contributed by atoms with Crippen molar-refractivity contribution < 1.29 is 14.3 Å². The molecule has 166 valence electrons. The maximum atomic E-state index is 14.1.